The van der Waals surface area contributed by atoms with Crippen molar-refractivity contribution in [3.05, 3.63) is 78.0 Å². The van der Waals surface area contributed by atoms with Crippen molar-refractivity contribution in [2.45, 2.75) is 37.4 Å². The molecule has 2 aromatic rings. The average Bonchev–Trinajstić information content (AvgIpc) is 3.24. The molecule has 150 valence electrons. The lowest BCUT2D eigenvalue weighted by molar-refractivity contribution is -0.232. The van der Waals surface area contributed by atoms with Crippen LogP contribution in [0.4, 0.5) is 5.69 Å². The molecule has 1 N–H and O–H groups in total. The zero-order chi connectivity index (χ0) is 19.9. The van der Waals surface area contributed by atoms with Crippen LogP contribution in [0.2, 0.25) is 0 Å². The number of ether oxygens (including phenoxy) is 2. The fourth-order valence-corrected chi connectivity index (χ4v) is 5.67. The number of hydrogen-bond donors (Lipinski definition) is 1. The van der Waals surface area contributed by atoms with Gasteiger partial charge in [-0.05, 0) is 36.5 Å². The molecule has 0 bridgehead atoms. The van der Waals surface area contributed by atoms with Gasteiger partial charge < -0.3 is 14.8 Å². The molecular formula is C25H27NO3. The predicted octanol–water partition coefficient (Wildman–Crippen LogP) is 4.68. The molecule has 1 spiro atoms. The van der Waals surface area contributed by atoms with Gasteiger partial charge in [-0.15, -0.1) is 0 Å². The van der Waals surface area contributed by atoms with E-state index >= 15 is 0 Å². The van der Waals surface area contributed by atoms with E-state index in [2.05, 4.69) is 30.4 Å². The summed E-state index contributed by atoms with van der Waals surface area (Å²) in [6.45, 7) is 3.48. The summed E-state index contributed by atoms with van der Waals surface area (Å²) in [5, 5.41) is 3.38. The number of Topliss-reactive ketones (excluding diaryl/α,β-unsaturated/α-hetero) is 1. The topological polar surface area (TPSA) is 47.6 Å². The standard InChI is InChI=1S/C25H27NO3/c1-18-21-12-13-22(26-20-10-6-3-7-11-20)23(27)24(21,19-8-4-2-5-9-19)14-15-25(18)28-16-17-29-25/h2-11,13,18,21,26H,12,14-17H2,1H3/t18-,21-,24+/m0/s1. The van der Waals surface area contributed by atoms with Crippen LogP contribution in [0.1, 0.15) is 31.7 Å². The van der Waals surface area contributed by atoms with Gasteiger partial charge in [-0.1, -0.05) is 61.5 Å². The lowest BCUT2D eigenvalue weighted by Crippen LogP contribution is -2.59. The molecule has 5 rings (SSSR count). The van der Waals surface area contributed by atoms with Crippen molar-refractivity contribution in [1.82, 2.24) is 0 Å². The highest BCUT2D eigenvalue weighted by Crippen LogP contribution is 2.57. The molecule has 3 aliphatic rings. The summed E-state index contributed by atoms with van der Waals surface area (Å²) >= 11 is 0. The highest BCUT2D eigenvalue weighted by atomic mass is 16.7. The van der Waals surface area contributed by atoms with Gasteiger partial charge in [0, 0.05) is 18.0 Å². The first kappa shape index (κ1) is 18.6. The minimum absolute atomic E-state index is 0.137. The second kappa shape index (κ2) is 7.12. The van der Waals surface area contributed by atoms with Gasteiger partial charge in [0.05, 0.1) is 24.3 Å². The van der Waals surface area contributed by atoms with E-state index in [4.69, 9.17) is 9.47 Å². The predicted molar refractivity (Wildman–Crippen MR) is 112 cm³/mol. The Morgan fingerprint density at radius 2 is 1.59 bits per heavy atom. The number of nitrogens with one attached hydrogen (secondary N) is 1. The number of carbonyl (C=O) groups excluding carboxylic acids is 1. The first-order valence-electron chi connectivity index (χ1n) is 10.6. The number of benzene rings is 2. The van der Waals surface area contributed by atoms with Crippen molar-refractivity contribution in [3.63, 3.8) is 0 Å². The average molecular weight is 389 g/mol. The van der Waals surface area contributed by atoms with Crippen molar-refractivity contribution in [2.24, 2.45) is 11.8 Å². The number of anilines is 1. The van der Waals surface area contributed by atoms with Crippen LogP contribution >= 0.6 is 0 Å². The number of rotatable bonds is 3. The maximum atomic E-state index is 14.0. The van der Waals surface area contributed by atoms with Gasteiger partial charge in [0.15, 0.2) is 11.6 Å². The SMILES string of the molecule is C[C@H]1[C@@H]2CC=C(Nc3ccccc3)C(=O)[C@@]2(c2ccccc2)CCC12OCCO2. The van der Waals surface area contributed by atoms with E-state index in [9.17, 15) is 4.79 Å². The van der Waals surface area contributed by atoms with Crippen molar-refractivity contribution in [3.8, 4) is 0 Å². The van der Waals surface area contributed by atoms with E-state index in [1.165, 1.54) is 0 Å². The molecule has 1 heterocycles. The van der Waals surface area contributed by atoms with E-state index in [0.29, 0.717) is 18.9 Å². The maximum Gasteiger partial charge on any atom is 0.189 e. The van der Waals surface area contributed by atoms with Crippen molar-refractivity contribution >= 4 is 11.5 Å². The Kier molecular flexibility index (Phi) is 4.56. The molecule has 1 saturated heterocycles. The fourth-order valence-electron chi connectivity index (χ4n) is 5.67. The largest absolute Gasteiger partial charge is 0.353 e. The number of allylic oxidation sites excluding steroid dienone is 2. The number of para-hydroxylation sites is 1. The molecule has 3 atom stereocenters. The molecule has 29 heavy (non-hydrogen) atoms. The summed E-state index contributed by atoms with van der Waals surface area (Å²) in [7, 11) is 0. The Morgan fingerprint density at radius 3 is 2.28 bits per heavy atom. The van der Waals surface area contributed by atoms with E-state index in [1.54, 1.807) is 0 Å². The number of carbonyl (C=O) groups is 1. The lowest BCUT2D eigenvalue weighted by Gasteiger charge is -2.54. The summed E-state index contributed by atoms with van der Waals surface area (Å²) in [6, 6.07) is 20.2. The molecular weight excluding hydrogens is 362 g/mol. The molecule has 2 aliphatic carbocycles. The van der Waals surface area contributed by atoms with Crippen LogP contribution in [0.3, 0.4) is 0 Å². The third-order valence-electron chi connectivity index (χ3n) is 7.14. The molecule has 4 nitrogen and oxygen atoms in total. The minimum Gasteiger partial charge on any atom is -0.353 e. The third-order valence-corrected chi connectivity index (χ3v) is 7.14. The molecule has 0 unspecified atom stereocenters. The van der Waals surface area contributed by atoms with Crippen LogP contribution in [0.25, 0.3) is 0 Å². The van der Waals surface area contributed by atoms with Gasteiger partial charge >= 0.3 is 0 Å². The van der Waals surface area contributed by atoms with Crippen LogP contribution in [0.15, 0.2) is 72.4 Å². The van der Waals surface area contributed by atoms with Crippen LogP contribution in [-0.2, 0) is 19.7 Å². The molecule has 2 fully saturated rings. The number of hydrogen-bond acceptors (Lipinski definition) is 4. The Morgan fingerprint density at radius 1 is 0.931 bits per heavy atom. The smallest absolute Gasteiger partial charge is 0.189 e. The van der Waals surface area contributed by atoms with Gasteiger partial charge in [0.2, 0.25) is 0 Å². The molecule has 1 saturated carbocycles. The van der Waals surface area contributed by atoms with E-state index < -0.39 is 11.2 Å². The van der Waals surface area contributed by atoms with Crippen molar-refractivity contribution in [2.75, 3.05) is 18.5 Å². The quantitative estimate of drug-likeness (QED) is 0.828. The summed E-state index contributed by atoms with van der Waals surface area (Å²) < 4.78 is 12.2. The van der Waals surface area contributed by atoms with Crippen molar-refractivity contribution < 1.29 is 14.3 Å². The van der Waals surface area contributed by atoms with Gasteiger partial charge in [-0.3, -0.25) is 4.79 Å². The van der Waals surface area contributed by atoms with Crippen LogP contribution < -0.4 is 5.32 Å². The lowest BCUT2D eigenvalue weighted by atomic mass is 9.52. The number of ketones is 1. The second-order valence-corrected chi connectivity index (χ2v) is 8.41. The van der Waals surface area contributed by atoms with E-state index in [-0.39, 0.29) is 17.6 Å². The summed E-state index contributed by atoms with van der Waals surface area (Å²) in [5.74, 6) is -0.0759. The van der Waals surface area contributed by atoms with Crippen LogP contribution in [-0.4, -0.2) is 24.8 Å². The van der Waals surface area contributed by atoms with E-state index in [0.717, 1.165) is 30.5 Å². The van der Waals surface area contributed by atoms with Gasteiger partial charge in [-0.25, -0.2) is 0 Å². The zero-order valence-corrected chi connectivity index (χ0v) is 16.8. The molecule has 4 heteroatoms. The van der Waals surface area contributed by atoms with Crippen LogP contribution in [0.5, 0.6) is 0 Å². The fraction of sp³-hybridized carbons (Fsp3) is 0.400. The van der Waals surface area contributed by atoms with Crippen LogP contribution in [0, 0.1) is 11.8 Å². The summed E-state index contributed by atoms with van der Waals surface area (Å²) in [4.78, 5) is 14.0. The molecule has 1 aliphatic heterocycles. The Labute approximate surface area is 171 Å². The summed E-state index contributed by atoms with van der Waals surface area (Å²) in [6.07, 6.45) is 4.37. The number of fused-ring (bicyclic) bond motifs is 1. The van der Waals surface area contributed by atoms with E-state index in [1.807, 2.05) is 48.5 Å². The molecule has 0 aromatic heterocycles. The second-order valence-electron chi connectivity index (χ2n) is 8.41. The van der Waals surface area contributed by atoms with Crippen molar-refractivity contribution in [1.29, 1.82) is 0 Å². The zero-order valence-electron chi connectivity index (χ0n) is 16.8. The first-order valence-corrected chi connectivity index (χ1v) is 10.6. The first-order chi connectivity index (χ1) is 14.2. The third kappa shape index (κ3) is 2.85. The Balaban J connectivity index is 1.57. The molecule has 0 amide bonds. The Bertz CT molecular complexity index is 918. The normalized spacial score (nSPS) is 30.7. The highest BCUT2D eigenvalue weighted by Gasteiger charge is 2.61. The van der Waals surface area contributed by atoms with Gasteiger partial charge in [0.25, 0.3) is 0 Å². The van der Waals surface area contributed by atoms with Gasteiger partial charge in [0.1, 0.15) is 0 Å². The molecule has 2 aromatic carbocycles. The Hall–Kier alpha value is -2.43. The minimum atomic E-state index is -0.549. The van der Waals surface area contributed by atoms with Gasteiger partial charge in [-0.2, -0.15) is 0 Å². The highest BCUT2D eigenvalue weighted by molar-refractivity contribution is 6.06. The maximum absolute atomic E-state index is 14.0. The monoisotopic (exact) mass is 389 g/mol. The summed E-state index contributed by atoms with van der Waals surface area (Å²) in [5.41, 5.74) is 2.20. The molecule has 0 radical (unpaired) electrons.